The maximum atomic E-state index is 12.7. The van der Waals surface area contributed by atoms with E-state index in [4.69, 9.17) is 0 Å². The van der Waals surface area contributed by atoms with Gasteiger partial charge in [0.15, 0.2) is 4.90 Å². The van der Waals surface area contributed by atoms with Crippen LogP contribution >= 0.6 is 0 Å². The highest BCUT2D eigenvalue weighted by Gasteiger charge is 2.46. The lowest BCUT2D eigenvalue weighted by molar-refractivity contribution is -0.396. The molecule has 0 aromatic heterocycles. The highest BCUT2D eigenvalue weighted by atomic mass is 32.2. The summed E-state index contributed by atoms with van der Waals surface area (Å²) in [6.45, 7) is 0.255. The molecule has 3 rings (SSSR count). The molecule has 0 aliphatic carbocycles. The van der Waals surface area contributed by atoms with Gasteiger partial charge < -0.3 is 0 Å². The molecule has 9 nitrogen and oxygen atoms in total. The van der Waals surface area contributed by atoms with E-state index in [2.05, 4.69) is 0 Å². The van der Waals surface area contributed by atoms with E-state index < -0.39 is 36.1 Å². The van der Waals surface area contributed by atoms with Gasteiger partial charge in [0.1, 0.15) is 0 Å². The lowest BCUT2D eigenvalue weighted by Gasteiger charge is -2.07. The summed E-state index contributed by atoms with van der Waals surface area (Å²) in [5.41, 5.74) is -0.361. The average Bonchev–Trinajstić information content (AvgIpc) is 3.35. The molecule has 2 aromatic carbocycles. The first-order valence-corrected chi connectivity index (χ1v) is 8.73. The van der Waals surface area contributed by atoms with Crippen molar-refractivity contribution in [2.45, 2.75) is 17.4 Å². The van der Waals surface area contributed by atoms with Crippen LogP contribution in [0.4, 0.5) is 11.4 Å². The molecule has 2 aromatic rings. The molecule has 0 radical (unpaired) electrons. The van der Waals surface area contributed by atoms with E-state index in [0.717, 1.165) is 22.0 Å². The molecule has 0 bridgehead atoms. The van der Waals surface area contributed by atoms with E-state index in [1.54, 1.807) is 0 Å². The molecule has 1 aliphatic heterocycles. The Morgan fingerprint density at radius 3 is 2.32 bits per heavy atom. The van der Waals surface area contributed by atoms with E-state index in [1.165, 1.54) is 0 Å². The highest BCUT2D eigenvalue weighted by molar-refractivity contribution is 7.89. The highest BCUT2D eigenvalue weighted by Crippen LogP contribution is 2.36. The number of benzene rings is 2. The van der Waals surface area contributed by atoms with Crippen LogP contribution in [0.1, 0.15) is 5.56 Å². The minimum atomic E-state index is -4.08. The van der Waals surface area contributed by atoms with Gasteiger partial charge in [0.2, 0.25) is 10.0 Å². The van der Waals surface area contributed by atoms with E-state index in [1.807, 2.05) is 30.3 Å². The number of rotatable bonds is 6. The Morgan fingerprint density at radius 1 is 1.04 bits per heavy atom. The van der Waals surface area contributed by atoms with Crippen LogP contribution in [0.25, 0.3) is 0 Å². The van der Waals surface area contributed by atoms with Gasteiger partial charge in [-0.1, -0.05) is 30.3 Å². The van der Waals surface area contributed by atoms with E-state index in [9.17, 15) is 28.6 Å². The third kappa shape index (κ3) is 3.35. The Kier molecular flexibility index (Phi) is 4.23. The maximum Gasteiger partial charge on any atom is 0.296 e. The van der Waals surface area contributed by atoms with Gasteiger partial charge >= 0.3 is 0 Å². The molecule has 1 aliphatic rings. The zero-order valence-corrected chi connectivity index (χ0v) is 13.6. The van der Waals surface area contributed by atoms with Crippen LogP contribution in [0.5, 0.6) is 0 Å². The van der Waals surface area contributed by atoms with Crippen molar-refractivity contribution in [3.8, 4) is 0 Å². The van der Waals surface area contributed by atoms with Crippen LogP contribution in [0.15, 0.2) is 53.4 Å². The van der Waals surface area contributed by atoms with Crippen molar-refractivity contribution in [2.24, 2.45) is 0 Å². The number of sulfonamides is 1. The lowest BCUT2D eigenvalue weighted by Crippen LogP contribution is -2.17. The minimum absolute atomic E-state index is 0.255. The van der Waals surface area contributed by atoms with Crippen molar-refractivity contribution in [3.05, 3.63) is 74.3 Å². The van der Waals surface area contributed by atoms with Crippen molar-refractivity contribution in [3.63, 3.8) is 0 Å². The normalized spacial score (nSPS) is 19.4. The molecule has 0 amide bonds. The molecule has 1 fully saturated rings. The van der Waals surface area contributed by atoms with E-state index in [-0.39, 0.29) is 12.6 Å². The summed E-state index contributed by atoms with van der Waals surface area (Å²) in [6, 6.07) is 11.6. The molecule has 10 heteroatoms. The first-order chi connectivity index (χ1) is 11.8. The first kappa shape index (κ1) is 17.0. The summed E-state index contributed by atoms with van der Waals surface area (Å²) < 4.78 is 26.5. The van der Waals surface area contributed by atoms with Crippen molar-refractivity contribution in [2.75, 3.05) is 6.54 Å². The van der Waals surface area contributed by atoms with Crippen molar-refractivity contribution >= 4 is 21.4 Å². The Morgan fingerprint density at radius 2 is 1.72 bits per heavy atom. The summed E-state index contributed by atoms with van der Waals surface area (Å²) in [7, 11) is -4.08. The molecular weight excluding hydrogens is 350 g/mol. The average molecular weight is 363 g/mol. The van der Waals surface area contributed by atoms with Crippen molar-refractivity contribution in [1.82, 2.24) is 4.31 Å². The van der Waals surface area contributed by atoms with Crippen LogP contribution in [-0.2, 0) is 16.4 Å². The molecule has 25 heavy (non-hydrogen) atoms. The third-order valence-corrected chi connectivity index (χ3v) is 5.88. The van der Waals surface area contributed by atoms with Crippen LogP contribution in [0.3, 0.4) is 0 Å². The van der Waals surface area contributed by atoms with Gasteiger partial charge in [-0.3, -0.25) is 20.2 Å². The quantitative estimate of drug-likeness (QED) is 0.440. The SMILES string of the molecule is O=[N+]([O-])c1ccc(S(=O)(=O)N2C[C@@H]2Cc2ccccc2)c([N+](=O)[O-])c1. The Hall–Kier alpha value is -2.85. The Balaban J connectivity index is 1.88. The number of non-ortho nitro benzene ring substituents is 1. The molecule has 2 atom stereocenters. The molecule has 0 N–H and O–H groups in total. The fourth-order valence-electron chi connectivity index (χ4n) is 2.61. The lowest BCUT2D eigenvalue weighted by atomic mass is 10.1. The van der Waals surface area contributed by atoms with Gasteiger partial charge in [-0.05, 0) is 18.1 Å². The van der Waals surface area contributed by atoms with Gasteiger partial charge in [-0.25, -0.2) is 8.42 Å². The standard InChI is InChI=1S/C15H13N3O6S/c19-17(20)12-6-7-15(14(9-12)18(21)22)25(23,24)16-10-13(16)8-11-4-2-1-3-5-11/h1-7,9,13H,8,10H2/t13-,16?/m0/s1. The zero-order valence-electron chi connectivity index (χ0n) is 12.8. The Bertz CT molecular complexity index is 945. The zero-order chi connectivity index (χ0) is 18.2. The van der Waals surface area contributed by atoms with Gasteiger partial charge in [0.25, 0.3) is 11.4 Å². The van der Waals surface area contributed by atoms with Crippen LogP contribution < -0.4 is 0 Å². The topological polar surface area (TPSA) is 123 Å². The monoisotopic (exact) mass is 363 g/mol. The van der Waals surface area contributed by atoms with Crippen LogP contribution in [0, 0.1) is 20.2 Å². The van der Waals surface area contributed by atoms with Crippen molar-refractivity contribution in [1.29, 1.82) is 0 Å². The number of nitro groups is 2. The largest absolute Gasteiger partial charge is 0.296 e. The summed E-state index contributed by atoms with van der Waals surface area (Å²) in [4.78, 5) is 19.7. The number of nitro benzene ring substituents is 2. The van der Waals surface area contributed by atoms with E-state index in [0.29, 0.717) is 12.5 Å². The summed E-state index contributed by atoms with van der Waals surface area (Å²) >= 11 is 0. The molecule has 0 saturated carbocycles. The second kappa shape index (κ2) is 6.22. The maximum absolute atomic E-state index is 12.7. The molecule has 1 saturated heterocycles. The predicted molar refractivity (Wildman–Crippen MR) is 87.6 cm³/mol. The van der Waals surface area contributed by atoms with Crippen molar-refractivity contribution < 1.29 is 18.3 Å². The second-order valence-corrected chi connectivity index (χ2v) is 7.44. The summed E-state index contributed by atoms with van der Waals surface area (Å²) in [5.74, 6) is 0. The Labute approximate surface area is 142 Å². The fraction of sp³-hybridized carbons (Fsp3) is 0.200. The smallest absolute Gasteiger partial charge is 0.258 e. The first-order valence-electron chi connectivity index (χ1n) is 7.29. The molecular formula is C15H13N3O6S. The second-order valence-electron chi connectivity index (χ2n) is 5.58. The van der Waals surface area contributed by atoms with Crippen LogP contribution in [0.2, 0.25) is 0 Å². The predicted octanol–water partition coefficient (Wildman–Crippen LogP) is 2.12. The van der Waals surface area contributed by atoms with Crippen LogP contribution in [-0.4, -0.2) is 35.2 Å². The van der Waals surface area contributed by atoms with Gasteiger partial charge in [0, 0.05) is 18.7 Å². The number of nitrogens with zero attached hydrogens (tertiary/aromatic N) is 3. The third-order valence-electron chi connectivity index (χ3n) is 3.92. The number of hydrogen-bond donors (Lipinski definition) is 0. The summed E-state index contributed by atoms with van der Waals surface area (Å²) in [6.07, 6.45) is 0.501. The molecule has 0 spiro atoms. The molecule has 130 valence electrons. The minimum Gasteiger partial charge on any atom is -0.258 e. The molecule has 1 unspecified atom stereocenters. The number of hydrogen-bond acceptors (Lipinski definition) is 6. The summed E-state index contributed by atoms with van der Waals surface area (Å²) in [5, 5.41) is 21.9. The van der Waals surface area contributed by atoms with Gasteiger partial charge in [0.05, 0.1) is 15.9 Å². The van der Waals surface area contributed by atoms with Gasteiger partial charge in [-0.2, -0.15) is 4.31 Å². The van der Waals surface area contributed by atoms with E-state index >= 15 is 0 Å². The van der Waals surface area contributed by atoms with Gasteiger partial charge in [-0.15, -0.1) is 0 Å². The fourth-order valence-corrected chi connectivity index (χ4v) is 4.34. The molecule has 1 heterocycles.